The van der Waals surface area contributed by atoms with Crippen LogP contribution < -0.4 is 5.32 Å². The van der Waals surface area contributed by atoms with Crippen molar-refractivity contribution in [3.8, 4) is 5.69 Å². The van der Waals surface area contributed by atoms with Crippen LogP contribution in [0.15, 0.2) is 67.0 Å². The normalized spacial score (nSPS) is 16.3. The van der Waals surface area contributed by atoms with Gasteiger partial charge in [0, 0.05) is 12.2 Å². The van der Waals surface area contributed by atoms with E-state index in [4.69, 9.17) is 0 Å². The van der Waals surface area contributed by atoms with Crippen molar-refractivity contribution < 1.29 is 4.79 Å². The van der Waals surface area contributed by atoms with Crippen LogP contribution in [0.25, 0.3) is 5.69 Å². The van der Waals surface area contributed by atoms with Gasteiger partial charge in [-0.1, -0.05) is 48.5 Å². The van der Waals surface area contributed by atoms with Crippen LogP contribution in [-0.2, 0) is 6.54 Å². The summed E-state index contributed by atoms with van der Waals surface area (Å²) in [5.41, 5.74) is 2.15. The Labute approximate surface area is 146 Å². The van der Waals surface area contributed by atoms with Crippen molar-refractivity contribution in [2.45, 2.75) is 19.0 Å². The van der Waals surface area contributed by atoms with Gasteiger partial charge in [0.2, 0.25) is 0 Å². The second kappa shape index (κ2) is 6.76. The summed E-state index contributed by atoms with van der Waals surface area (Å²) < 4.78 is 1.88. The number of aromatic nitrogens is 3. The van der Waals surface area contributed by atoms with E-state index in [2.05, 4.69) is 27.6 Å². The Kier molecular flexibility index (Phi) is 4.16. The fourth-order valence-electron chi connectivity index (χ4n) is 3.09. The van der Waals surface area contributed by atoms with Crippen molar-refractivity contribution >= 4 is 6.03 Å². The number of carbonyl (C=O) groups is 1. The molecule has 0 bridgehead atoms. The minimum absolute atomic E-state index is 0.0669. The van der Waals surface area contributed by atoms with Gasteiger partial charge in [-0.05, 0) is 24.1 Å². The average Bonchev–Trinajstić information content (AvgIpc) is 3.09. The second-order valence-electron chi connectivity index (χ2n) is 6.02. The molecule has 1 aliphatic heterocycles. The first-order chi connectivity index (χ1) is 12.3. The summed E-state index contributed by atoms with van der Waals surface area (Å²) in [6.07, 6.45) is 2.66. The van der Waals surface area contributed by atoms with E-state index in [0.717, 1.165) is 18.7 Å². The van der Waals surface area contributed by atoms with E-state index in [1.807, 2.05) is 58.0 Å². The standard InChI is InChI=1S/C19H19N5O/c25-19(23-12-11-17(23)15-7-3-1-4-8-15)20-13-18-22-21-14-24(18)16-9-5-2-6-10-16/h1-10,14,17H,11-13H2,(H,20,25). The largest absolute Gasteiger partial charge is 0.331 e. The van der Waals surface area contributed by atoms with Crippen molar-refractivity contribution in [3.63, 3.8) is 0 Å². The molecule has 1 aromatic heterocycles. The van der Waals surface area contributed by atoms with Crippen LogP contribution in [-0.4, -0.2) is 32.2 Å². The van der Waals surface area contributed by atoms with Crippen molar-refractivity contribution in [1.29, 1.82) is 0 Å². The summed E-state index contributed by atoms with van der Waals surface area (Å²) in [7, 11) is 0. The topological polar surface area (TPSA) is 63.1 Å². The number of nitrogens with one attached hydrogen (secondary N) is 1. The Balaban J connectivity index is 1.41. The maximum absolute atomic E-state index is 12.5. The van der Waals surface area contributed by atoms with Gasteiger partial charge < -0.3 is 10.2 Å². The number of carbonyl (C=O) groups excluding carboxylic acids is 1. The van der Waals surface area contributed by atoms with Gasteiger partial charge in [-0.15, -0.1) is 10.2 Å². The summed E-state index contributed by atoms with van der Waals surface area (Å²) in [6, 6.07) is 20.1. The van der Waals surface area contributed by atoms with Crippen LogP contribution in [0.2, 0.25) is 0 Å². The number of hydrogen-bond acceptors (Lipinski definition) is 3. The maximum atomic E-state index is 12.5. The lowest BCUT2D eigenvalue weighted by atomic mass is 9.95. The van der Waals surface area contributed by atoms with Crippen molar-refractivity contribution in [3.05, 3.63) is 78.4 Å². The zero-order chi connectivity index (χ0) is 17.1. The zero-order valence-electron chi connectivity index (χ0n) is 13.7. The van der Waals surface area contributed by atoms with Gasteiger partial charge in [-0.2, -0.15) is 0 Å². The summed E-state index contributed by atoms with van der Waals surface area (Å²) in [5.74, 6) is 0.705. The second-order valence-corrected chi connectivity index (χ2v) is 6.02. The molecule has 126 valence electrons. The molecule has 0 spiro atoms. The van der Waals surface area contributed by atoms with Crippen molar-refractivity contribution in [2.75, 3.05) is 6.54 Å². The molecule has 3 aromatic rings. The molecule has 2 aromatic carbocycles. The van der Waals surface area contributed by atoms with Crippen LogP contribution in [0.4, 0.5) is 4.79 Å². The van der Waals surface area contributed by atoms with Gasteiger partial charge in [0.15, 0.2) is 5.82 Å². The van der Waals surface area contributed by atoms with E-state index in [9.17, 15) is 4.79 Å². The Morgan fingerprint density at radius 3 is 2.48 bits per heavy atom. The third-order valence-corrected chi connectivity index (χ3v) is 4.52. The Morgan fingerprint density at radius 2 is 1.80 bits per heavy atom. The molecule has 6 nitrogen and oxygen atoms in total. The lowest BCUT2D eigenvalue weighted by molar-refractivity contribution is 0.115. The smallest absolute Gasteiger partial charge is 0.318 e. The van der Waals surface area contributed by atoms with Gasteiger partial charge in [-0.25, -0.2) is 4.79 Å². The van der Waals surface area contributed by atoms with Gasteiger partial charge in [0.25, 0.3) is 0 Å². The average molecular weight is 333 g/mol. The molecule has 1 N–H and O–H groups in total. The van der Waals surface area contributed by atoms with E-state index < -0.39 is 0 Å². The molecule has 0 aliphatic carbocycles. The van der Waals surface area contributed by atoms with Gasteiger partial charge in [-0.3, -0.25) is 4.57 Å². The molecule has 2 amide bonds. The molecule has 2 heterocycles. The molecule has 1 unspecified atom stereocenters. The molecule has 1 aliphatic rings. The van der Waals surface area contributed by atoms with Crippen LogP contribution >= 0.6 is 0 Å². The molecule has 1 atom stereocenters. The number of nitrogens with zero attached hydrogens (tertiary/aromatic N) is 4. The molecular weight excluding hydrogens is 314 g/mol. The highest BCUT2D eigenvalue weighted by Gasteiger charge is 2.33. The van der Waals surface area contributed by atoms with Crippen molar-refractivity contribution in [1.82, 2.24) is 25.0 Å². The van der Waals surface area contributed by atoms with Gasteiger partial charge in [0.1, 0.15) is 6.33 Å². The quantitative estimate of drug-likeness (QED) is 0.798. The van der Waals surface area contributed by atoms with E-state index in [1.165, 1.54) is 5.56 Å². The molecule has 25 heavy (non-hydrogen) atoms. The highest BCUT2D eigenvalue weighted by atomic mass is 16.2. The number of likely N-dealkylation sites (tertiary alicyclic amines) is 1. The third-order valence-electron chi connectivity index (χ3n) is 4.52. The Bertz CT molecular complexity index is 847. The Hall–Kier alpha value is -3.15. The lowest BCUT2D eigenvalue weighted by Gasteiger charge is -2.41. The molecule has 0 saturated carbocycles. The summed E-state index contributed by atoms with van der Waals surface area (Å²) in [6.45, 7) is 1.11. The number of amides is 2. The fourth-order valence-corrected chi connectivity index (χ4v) is 3.09. The molecule has 1 fully saturated rings. The molecular formula is C19H19N5O. The van der Waals surface area contributed by atoms with Gasteiger partial charge in [0.05, 0.1) is 12.6 Å². The minimum atomic E-state index is -0.0669. The zero-order valence-corrected chi connectivity index (χ0v) is 13.7. The number of hydrogen-bond donors (Lipinski definition) is 1. The first-order valence-electron chi connectivity index (χ1n) is 8.36. The van der Waals surface area contributed by atoms with Crippen LogP contribution in [0.1, 0.15) is 23.9 Å². The maximum Gasteiger partial charge on any atom is 0.318 e. The summed E-state index contributed by atoms with van der Waals surface area (Å²) in [5, 5.41) is 11.1. The number of para-hydroxylation sites is 1. The molecule has 4 rings (SSSR count). The fraction of sp³-hybridized carbons (Fsp3) is 0.211. The van der Waals surface area contributed by atoms with Crippen LogP contribution in [0.5, 0.6) is 0 Å². The lowest BCUT2D eigenvalue weighted by Crippen LogP contribution is -2.49. The predicted octanol–water partition coefficient (Wildman–Crippen LogP) is 2.92. The summed E-state index contributed by atoms with van der Waals surface area (Å²) >= 11 is 0. The first kappa shape index (κ1) is 15.4. The van der Waals surface area contributed by atoms with Crippen LogP contribution in [0.3, 0.4) is 0 Å². The third kappa shape index (κ3) is 3.10. The predicted molar refractivity (Wildman–Crippen MR) is 94.1 cm³/mol. The molecule has 0 radical (unpaired) electrons. The Morgan fingerprint density at radius 1 is 1.08 bits per heavy atom. The number of urea groups is 1. The SMILES string of the molecule is O=C(NCc1nncn1-c1ccccc1)N1CCC1c1ccccc1. The molecule has 6 heteroatoms. The van der Waals surface area contributed by atoms with E-state index in [-0.39, 0.29) is 12.1 Å². The highest BCUT2D eigenvalue weighted by Crippen LogP contribution is 2.32. The minimum Gasteiger partial charge on any atom is -0.331 e. The first-order valence-corrected chi connectivity index (χ1v) is 8.36. The van der Waals surface area contributed by atoms with Crippen molar-refractivity contribution in [2.24, 2.45) is 0 Å². The number of rotatable bonds is 4. The van der Waals surface area contributed by atoms with Crippen LogP contribution in [0, 0.1) is 0 Å². The monoisotopic (exact) mass is 333 g/mol. The van der Waals surface area contributed by atoms with E-state index in [1.54, 1.807) is 6.33 Å². The number of benzene rings is 2. The summed E-state index contributed by atoms with van der Waals surface area (Å²) in [4.78, 5) is 14.4. The van der Waals surface area contributed by atoms with Gasteiger partial charge >= 0.3 is 6.03 Å². The van der Waals surface area contributed by atoms with E-state index in [0.29, 0.717) is 12.4 Å². The molecule has 1 saturated heterocycles. The van der Waals surface area contributed by atoms with E-state index >= 15 is 0 Å². The highest BCUT2D eigenvalue weighted by molar-refractivity contribution is 5.75.